The molecule has 0 bridgehead atoms. The average molecular weight is 405 g/mol. The van der Waals surface area contributed by atoms with Gasteiger partial charge < -0.3 is 25.3 Å². The summed E-state index contributed by atoms with van der Waals surface area (Å²) < 4.78 is 5.75. The van der Waals surface area contributed by atoms with Gasteiger partial charge in [0.15, 0.2) is 0 Å². The minimum atomic E-state index is -0.525. The van der Waals surface area contributed by atoms with Crippen LogP contribution in [0.3, 0.4) is 0 Å². The van der Waals surface area contributed by atoms with E-state index in [4.69, 9.17) is 4.74 Å². The van der Waals surface area contributed by atoms with Crippen molar-refractivity contribution in [1.82, 2.24) is 14.9 Å². The number of aromatic amines is 1. The van der Waals surface area contributed by atoms with E-state index in [1.807, 2.05) is 56.6 Å². The Balaban J connectivity index is 1.43. The number of anilines is 3. The Morgan fingerprint density at radius 1 is 1.07 bits per heavy atom. The molecule has 8 heteroatoms. The largest absolute Gasteiger partial charge is 0.492 e. The molecule has 1 aromatic heterocycles. The molecule has 0 unspecified atom stereocenters. The highest BCUT2D eigenvalue weighted by molar-refractivity contribution is 5.84. The van der Waals surface area contributed by atoms with Crippen LogP contribution >= 0.6 is 0 Å². The summed E-state index contributed by atoms with van der Waals surface area (Å²) in [6, 6.07) is 13.2. The molecule has 30 heavy (non-hydrogen) atoms. The Kier molecular flexibility index (Phi) is 5.49. The minimum Gasteiger partial charge on any atom is -0.492 e. The van der Waals surface area contributed by atoms with Gasteiger partial charge in [-0.1, -0.05) is 12.1 Å². The molecule has 0 fully saturated rings. The number of nitrogens with one attached hydrogen (secondary N) is 3. The highest BCUT2D eigenvalue weighted by Crippen LogP contribution is 2.24. The molecule has 3 N–H and O–H groups in total. The van der Waals surface area contributed by atoms with Crippen LogP contribution in [0.5, 0.6) is 5.75 Å². The van der Waals surface area contributed by atoms with Gasteiger partial charge in [-0.05, 0) is 50.0 Å². The number of aromatic nitrogens is 2. The predicted octanol–water partition coefficient (Wildman–Crippen LogP) is 2.46. The molecule has 3 aromatic carbocycles. The van der Waals surface area contributed by atoms with E-state index in [1.54, 1.807) is 6.33 Å². The van der Waals surface area contributed by atoms with E-state index in [9.17, 15) is 9.59 Å². The molecule has 1 heterocycles. The van der Waals surface area contributed by atoms with Crippen LogP contribution < -0.4 is 26.2 Å². The van der Waals surface area contributed by atoms with Gasteiger partial charge in [-0.15, -0.1) is 0 Å². The maximum Gasteiger partial charge on any atom is 0.253 e. The topological polar surface area (TPSA) is 99.3 Å². The van der Waals surface area contributed by atoms with Gasteiger partial charge >= 0.3 is 0 Å². The fourth-order valence-corrected chi connectivity index (χ4v) is 3.12. The molecule has 0 saturated carbocycles. The van der Waals surface area contributed by atoms with Crippen molar-refractivity contribution in [2.45, 2.75) is 6.54 Å². The summed E-state index contributed by atoms with van der Waals surface area (Å²) in [7, 11) is 3.99. The van der Waals surface area contributed by atoms with Crippen molar-refractivity contribution >= 4 is 28.1 Å². The second-order valence-electron chi connectivity index (χ2n) is 7.32. The Morgan fingerprint density at radius 3 is 2.73 bits per heavy atom. The SMILES string of the molecule is CN(C)CCOc1cccc(CNc2c(Nc3ccc4nc[nH]c4c3)c(=O)c2=O)c1. The van der Waals surface area contributed by atoms with Crippen molar-refractivity contribution in [1.29, 1.82) is 0 Å². The van der Waals surface area contributed by atoms with E-state index in [-0.39, 0.29) is 5.69 Å². The Bertz CT molecular complexity index is 1240. The summed E-state index contributed by atoms with van der Waals surface area (Å²) in [5.41, 5.74) is 2.87. The molecule has 8 nitrogen and oxygen atoms in total. The van der Waals surface area contributed by atoms with E-state index in [2.05, 4.69) is 25.5 Å². The first-order valence-corrected chi connectivity index (χ1v) is 9.65. The van der Waals surface area contributed by atoms with Crippen LogP contribution in [0.1, 0.15) is 5.56 Å². The molecule has 0 aliphatic heterocycles. The highest BCUT2D eigenvalue weighted by Gasteiger charge is 2.21. The molecule has 0 radical (unpaired) electrons. The Hall–Kier alpha value is -3.65. The predicted molar refractivity (Wildman–Crippen MR) is 119 cm³/mol. The summed E-state index contributed by atoms with van der Waals surface area (Å²) in [5.74, 6) is 0.771. The molecule has 0 saturated heterocycles. The van der Waals surface area contributed by atoms with Crippen LogP contribution in [0.2, 0.25) is 0 Å². The van der Waals surface area contributed by atoms with E-state index >= 15 is 0 Å². The van der Waals surface area contributed by atoms with Gasteiger partial charge in [-0.25, -0.2) is 4.98 Å². The third kappa shape index (κ3) is 4.18. The molecule has 0 amide bonds. The molecular weight excluding hydrogens is 382 g/mol. The van der Waals surface area contributed by atoms with E-state index in [1.165, 1.54) is 0 Å². The number of hydrogen-bond donors (Lipinski definition) is 3. The van der Waals surface area contributed by atoms with Gasteiger partial charge in [-0.3, -0.25) is 9.59 Å². The smallest absolute Gasteiger partial charge is 0.253 e. The number of benzene rings is 2. The van der Waals surface area contributed by atoms with Crippen molar-refractivity contribution in [3.8, 4) is 5.75 Å². The highest BCUT2D eigenvalue weighted by atomic mass is 16.5. The fourth-order valence-electron chi connectivity index (χ4n) is 3.12. The molecule has 0 atom stereocenters. The number of fused-ring (bicyclic) bond motifs is 1. The Labute approximate surface area is 173 Å². The summed E-state index contributed by atoms with van der Waals surface area (Å²) in [6.45, 7) is 1.83. The summed E-state index contributed by atoms with van der Waals surface area (Å²) in [4.78, 5) is 33.4. The zero-order chi connectivity index (χ0) is 21.1. The van der Waals surface area contributed by atoms with Crippen LogP contribution in [-0.2, 0) is 6.54 Å². The number of H-pyrrole nitrogens is 1. The maximum atomic E-state index is 12.1. The molecular formula is C22H23N5O3. The van der Waals surface area contributed by atoms with E-state index in [0.29, 0.717) is 24.5 Å². The van der Waals surface area contributed by atoms with Crippen molar-refractivity contribution in [3.63, 3.8) is 0 Å². The van der Waals surface area contributed by atoms with Gasteiger partial charge in [0.2, 0.25) is 0 Å². The minimum absolute atomic E-state index is 0.275. The zero-order valence-electron chi connectivity index (χ0n) is 16.9. The standard InChI is InChI=1S/C22H23N5O3/c1-27(2)8-9-30-16-5-3-4-14(10-16)12-23-19-20(22(29)21(19)28)26-15-6-7-17-18(11-15)25-13-24-17/h3-7,10-11,13,23,26H,8-9,12H2,1-2H3,(H,24,25). The second-order valence-corrected chi connectivity index (χ2v) is 7.32. The zero-order valence-corrected chi connectivity index (χ0v) is 16.9. The van der Waals surface area contributed by atoms with Crippen LogP contribution in [0.4, 0.5) is 17.1 Å². The number of ether oxygens (including phenoxy) is 1. The van der Waals surface area contributed by atoms with Crippen molar-refractivity contribution in [2.75, 3.05) is 37.9 Å². The summed E-state index contributed by atoms with van der Waals surface area (Å²) >= 11 is 0. The lowest BCUT2D eigenvalue weighted by Crippen LogP contribution is -2.36. The van der Waals surface area contributed by atoms with E-state index < -0.39 is 10.9 Å². The molecule has 0 aliphatic carbocycles. The molecule has 154 valence electrons. The van der Waals surface area contributed by atoms with Crippen LogP contribution in [-0.4, -0.2) is 42.1 Å². The lowest BCUT2D eigenvalue weighted by atomic mass is 10.1. The molecule has 0 aliphatic rings. The summed E-state index contributed by atoms with van der Waals surface area (Å²) in [5, 5.41) is 6.13. The lowest BCUT2D eigenvalue weighted by Gasteiger charge is -2.15. The third-order valence-corrected chi connectivity index (χ3v) is 4.77. The van der Waals surface area contributed by atoms with Gasteiger partial charge in [0.05, 0.1) is 17.4 Å². The monoisotopic (exact) mass is 405 g/mol. The number of likely N-dealkylation sites (N-methyl/N-ethyl adjacent to an activating group) is 1. The van der Waals surface area contributed by atoms with Crippen LogP contribution in [0, 0.1) is 0 Å². The molecule has 4 aromatic rings. The van der Waals surface area contributed by atoms with E-state index in [0.717, 1.165) is 28.9 Å². The second kappa shape index (κ2) is 8.38. The van der Waals surface area contributed by atoms with Crippen LogP contribution in [0.25, 0.3) is 11.0 Å². The third-order valence-electron chi connectivity index (χ3n) is 4.77. The number of nitrogens with zero attached hydrogens (tertiary/aromatic N) is 2. The number of rotatable bonds is 9. The van der Waals surface area contributed by atoms with Crippen molar-refractivity contribution < 1.29 is 4.74 Å². The first kappa shape index (κ1) is 19.7. The first-order valence-electron chi connectivity index (χ1n) is 9.65. The first-order chi connectivity index (χ1) is 14.5. The van der Waals surface area contributed by atoms with Gasteiger partial charge in [-0.2, -0.15) is 0 Å². The maximum absolute atomic E-state index is 12.1. The average Bonchev–Trinajstić information content (AvgIpc) is 3.20. The van der Waals surface area contributed by atoms with Gasteiger partial charge in [0, 0.05) is 18.8 Å². The quantitative estimate of drug-likeness (QED) is 0.368. The normalized spacial score (nSPS) is 11.3. The summed E-state index contributed by atoms with van der Waals surface area (Å²) in [6.07, 6.45) is 1.61. The van der Waals surface area contributed by atoms with Gasteiger partial charge in [0.25, 0.3) is 10.9 Å². The van der Waals surface area contributed by atoms with Crippen molar-refractivity contribution in [3.05, 3.63) is 74.8 Å². The molecule has 4 rings (SSSR count). The Morgan fingerprint density at radius 2 is 1.90 bits per heavy atom. The fraction of sp³-hybridized carbons (Fsp3) is 0.227. The van der Waals surface area contributed by atoms with Crippen LogP contribution in [0.15, 0.2) is 58.4 Å². The molecule has 0 spiro atoms. The van der Waals surface area contributed by atoms with Crippen molar-refractivity contribution in [2.24, 2.45) is 0 Å². The lowest BCUT2D eigenvalue weighted by molar-refractivity contribution is 0.261. The number of imidazole rings is 1. The number of hydrogen-bond acceptors (Lipinski definition) is 7. The van der Waals surface area contributed by atoms with Gasteiger partial charge in [0.1, 0.15) is 23.7 Å².